The quantitative estimate of drug-likeness (QED) is 0.129. The van der Waals surface area contributed by atoms with E-state index in [0.717, 1.165) is 55.2 Å². The minimum absolute atomic E-state index is 0.359. The summed E-state index contributed by atoms with van der Waals surface area (Å²) in [6.07, 6.45) is 6.80. The number of carbonyl (C=O) groups excluding carboxylic acids is 2. The summed E-state index contributed by atoms with van der Waals surface area (Å²) in [4.78, 5) is 34.8. The largest absolute Gasteiger partial charge is 0.308 e. The number of allylic oxidation sites excluding steroid dienone is 2. The maximum Gasteiger partial charge on any atom is 0.268 e. The molecule has 284 valence electrons. The molecule has 6 aromatic carbocycles. The fraction of sp³-hybridized carbons (Fsp3) is 0.0769. The van der Waals surface area contributed by atoms with Gasteiger partial charge in [0.1, 0.15) is 6.07 Å². The van der Waals surface area contributed by atoms with E-state index in [1.165, 1.54) is 4.90 Å². The molecule has 0 spiro atoms. The Balaban J connectivity index is 0.000000661. The minimum Gasteiger partial charge on any atom is -0.308 e. The minimum atomic E-state index is -0.370. The van der Waals surface area contributed by atoms with Crippen LogP contribution in [-0.2, 0) is 0 Å². The lowest BCUT2D eigenvalue weighted by atomic mass is 9.97. The summed E-state index contributed by atoms with van der Waals surface area (Å²) in [6, 6.07) is 49.4. The van der Waals surface area contributed by atoms with E-state index >= 15 is 0 Å². The molecule has 0 aliphatic carbocycles. The van der Waals surface area contributed by atoms with E-state index in [0.29, 0.717) is 28.1 Å². The lowest BCUT2D eigenvalue weighted by Crippen LogP contribution is -2.30. The Morgan fingerprint density at radius 3 is 1.84 bits per heavy atom. The third-order valence-electron chi connectivity index (χ3n) is 9.44. The van der Waals surface area contributed by atoms with Crippen LogP contribution in [0.25, 0.3) is 60.9 Å². The SMILES string of the molecule is C=CC.C=CC.CC.N#Cc1cncc(-c2ccc3c(c2)c2ccccc2n3-c2cccc3c2C(=O)N(c2cc(-c4ccccc4)ccc2-c2ccccc2)C3=O)c1. The molecular weight excluding hydrogens is 713 g/mol. The number of nitrogens with zero attached hydrogens (tertiary/aromatic N) is 4. The van der Waals surface area contributed by atoms with Crippen molar-refractivity contribution in [2.75, 3.05) is 4.90 Å². The molecule has 3 heterocycles. The van der Waals surface area contributed by atoms with Crippen molar-refractivity contribution in [3.05, 3.63) is 200 Å². The average Bonchev–Trinajstić information content (AvgIpc) is 3.75. The molecule has 0 radical (unpaired) electrons. The molecule has 6 nitrogen and oxygen atoms in total. The van der Waals surface area contributed by atoms with E-state index in [1.54, 1.807) is 30.6 Å². The Morgan fingerprint density at radius 2 is 1.16 bits per heavy atom. The van der Waals surface area contributed by atoms with E-state index in [4.69, 9.17) is 0 Å². The normalized spacial score (nSPS) is 11.3. The topological polar surface area (TPSA) is 79.0 Å². The number of hydrogen-bond acceptors (Lipinski definition) is 4. The van der Waals surface area contributed by atoms with Crippen molar-refractivity contribution in [1.82, 2.24) is 9.55 Å². The first kappa shape index (κ1) is 40.1. The Bertz CT molecular complexity index is 2810. The second-order valence-corrected chi connectivity index (χ2v) is 13.1. The van der Waals surface area contributed by atoms with Gasteiger partial charge < -0.3 is 4.57 Å². The Hall–Kier alpha value is -7.62. The highest BCUT2D eigenvalue weighted by molar-refractivity contribution is 6.36. The van der Waals surface area contributed by atoms with E-state index in [-0.39, 0.29) is 11.8 Å². The molecule has 0 atom stereocenters. The van der Waals surface area contributed by atoms with Crippen LogP contribution >= 0.6 is 0 Å². The third kappa shape index (κ3) is 7.62. The summed E-state index contributed by atoms with van der Waals surface area (Å²) in [5.74, 6) is -0.730. The van der Waals surface area contributed by atoms with Crippen molar-refractivity contribution in [2.45, 2.75) is 27.7 Å². The van der Waals surface area contributed by atoms with Crippen molar-refractivity contribution in [3.63, 3.8) is 0 Å². The fourth-order valence-electron chi connectivity index (χ4n) is 7.13. The number of benzene rings is 6. The molecule has 8 aromatic rings. The summed E-state index contributed by atoms with van der Waals surface area (Å²) in [7, 11) is 0. The number of aromatic nitrogens is 2. The van der Waals surface area contributed by atoms with Crippen molar-refractivity contribution in [3.8, 4) is 45.1 Å². The number of hydrogen-bond donors (Lipinski definition) is 0. The molecule has 1 aliphatic rings. The molecule has 2 amide bonds. The average molecular weight is 757 g/mol. The summed E-state index contributed by atoms with van der Waals surface area (Å²) in [5, 5.41) is 11.4. The monoisotopic (exact) mass is 756 g/mol. The summed E-state index contributed by atoms with van der Waals surface area (Å²) in [5.41, 5.74) is 9.55. The first-order valence-electron chi connectivity index (χ1n) is 19.2. The van der Waals surface area contributed by atoms with Crippen molar-refractivity contribution >= 4 is 39.3 Å². The van der Waals surface area contributed by atoms with Crippen LogP contribution < -0.4 is 4.90 Å². The fourth-order valence-corrected chi connectivity index (χ4v) is 7.13. The second-order valence-electron chi connectivity index (χ2n) is 13.1. The van der Waals surface area contributed by atoms with Crippen LogP contribution in [0, 0.1) is 11.3 Å². The van der Waals surface area contributed by atoms with Gasteiger partial charge in [-0.05, 0) is 78.6 Å². The number of nitriles is 1. The van der Waals surface area contributed by atoms with E-state index in [2.05, 4.69) is 40.9 Å². The van der Waals surface area contributed by atoms with Crippen LogP contribution in [0.5, 0.6) is 0 Å². The van der Waals surface area contributed by atoms with Crippen LogP contribution in [0.15, 0.2) is 183 Å². The molecule has 0 unspecified atom stereocenters. The standard InChI is InChI=1S/C44H26N4O2.2C3H6.C2H6/c45-25-28-22-33(27-46-26-28)31-19-21-39-37(23-31)35-14-7-8-16-38(35)47(39)40-17-9-15-36-42(40)44(50)48(43(36)49)41-24-32(29-10-3-1-4-11-29)18-20-34(41)30-12-5-2-6-13-30;2*1-3-2;1-2/h1-24,26-27H;2*3H,1H2,2H3;1-2H3. The van der Waals surface area contributed by atoms with Gasteiger partial charge in [0.2, 0.25) is 0 Å². The van der Waals surface area contributed by atoms with Crippen molar-refractivity contribution in [2.24, 2.45) is 0 Å². The van der Waals surface area contributed by atoms with Crippen molar-refractivity contribution < 1.29 is 9.59 Å². The summed E-state index contributed by atoms with van der Waals surface area (Å²) < 4.78 is 2.07. The van der Waals surface area contributed by atoms with Gasteiger partial charge in [0.25, 0.3) is 11.8 Å². The first-order valence-corrected chi connectivity index (χ1v) is 19.2. The van der Waals surface area contributed by atoms with Gasteiger partial charge in [-0.3, -0.25) is 14.6 Å². The van der Waals surface area contributed by atoms with Crippen LogP contribution in [0.1, 0.15) is 54.0 Å². The number of amides is 2. The van der Waals surface area contributed by atoms with Gasteiger partial charge in [-0.1, -0.05) is 129 Å². The molecule has 0 saturated carbocycles. The molecule has 0 N–H and O–H groups in total. The number of para-hydroxylation sites is 1. The maximum atomic E-state index is 14.8. The number of rotatable bonds is 5. The molecule has 2 aromatic heterocycles. The highest BCUT2D eigenvalue weighted by Crippen LogP contribution is 2.42. The molecule has 1 aliphatic heterocycles. The zero-order valence-electron chi connectivity index (χ0n) is 33.2. The number of anilines is 1. The summed E-state index contributed by atoms with van der Waals surface area (Å²) >= 11 is 0. The number of fused-ring (bicyclic) bond motifs is 4. The molecule has 0 fully saturated rings. The van der Waals surface area contributed by atoms with Gasteiger partial charge >= 0.3 is 0 Å². The summed E-state index contributed by atoms with van der Waals surface area (Å²) in [6.45, 7) is 14.5. The second kappa shape index (κ2) is 18.3. The molecule has 58 heavy (non-hydrogen) atoms. The maximum absolute atomic E-state index is 14.8. The van der Waals surface area contributed by atoms with Gasteiger partial charge in [-0.25, -0.2) is 4.90 Å². The molecule has 0 saturated heterocycles. The third-order valence-corrected chi connectivity index (χ3v) is 9.44. The van der Waals surface area contributed by atoms with Crippen LogP contribution in [0.3, 0.4) is 0 Å². The van der Waals surface area contributed by atoms with Gasteiger partial charge in [0.15, 0.2) is 0 Å². The zero-order valence-corrected chi connectivity index (χ0v) is 33.2. The number of pyridine rings is 1. The smallest absolute Gasteiger partial charge is 0.268 e. The predicted molar refractivity (Wildman–Crippen MR) is 240 cm³/mol. The van der Waals surface area contributed by atoms with Crippen LogP contribution in [-0.4, -0.2) is 21.4 Å². The highest BCUT2D eigenvalue weighted by atomic mass is 16.2. The lowest BCUT2D eigenvalue weighted by Gasteiger charge is -2.20. The first-order chi connectivity index (χ1) is 28.4. The number of imide groups is 1. The molecule has 6 heteroatoms. The Labute approximate surface area is 340 Å². The van der Waals surface area contributed by atoms with Gasteiger partial charge in [-0.2, -0.15) is 5.26 Å². The lowest BCUT2D eigenvalue weighted by molar-refractivity contribution is 0.0926. The molecular formula is C52H44N4O2. The van der Waals surface area contributed by atoms with Crippen LogP contribution in [0.2, 0.25) is 0 Å². The van der Waals surface area contributed by atoms with E-state index in [9.17, 15) is 14.9 Å². The predicted octanol–water partition coefficient (Wildman–Crippen LogP) is 13.3. The van der Waals surface area contributed by atoms with E-state index < -0.39 is 0 Å². The van der Waals surface area contributed by atoms with Crippen molar-refractivity contribution in [1.29, 1.82) is 5.26 Å². The Kier molecular flexibility index (Phi) is 12.7. The number of carbonyl (C=O) groups is 2. The van der Waals surface area contributed by atoms with Crippen LogP contribution in [0.4, 0.5) is 5.69 Å². The van der Waals surface area contributed by atoms with Gasteiger partial charge in [0.05, 0.1) is 39.1 Å². The molecule has 9 rings (SSSR count). The highest BCUT2D eigenvalue weighted by Gasteiger charge is 2.40. The van der Waals surface area contributed by atoms with E-state index in [1.807, 2.05) is 155 Å². The zero-order chi connectivity index (χ0) is 41.2. The van der Waals surface area contributed by atoms with Gasteiger partial charge in [0, 0.05) is 34.3 Å². The van der Waals surface area contributed by atoms with Gasteiger partial charge in [-0.15, -0.1) is 13.2 Å². The Morgan fingerprint density at radius 1 is 0.552 bits per heavy atom. The molecule has 0 bridgehead atoms.